The van der Waals surface area contributed by atoms with Crippen LogP contribution in [0.5, 0.6) is 0 Å². The molecule has 5 nitrogen and oxygen atoms in total. The molecule has 1 fully saturated rings. The van der Waals surface area contributed by atoms with Crippen molar-refractivity contribution in [1.29, 1.82) is 0 Å². The van der Waals surface area contributed by atoms with Gasteiger partial charge in [0.1, 0.15) is 6.10 Å². The van der Waals surface area contributed by atoms with Crippen molar-refractivity contribution in [2.75, 3.05) is 19.6 Å². The molecule has 1 heterocycles. The first-order valence-corrected chi connectivity index (χ1v) is 5.11. The smallest absolute Gasteiger partial charge is 0.390 e. The van der Waals surface area contributed by atoms with Gasteiger partial charge in [0.05, 0.1) is 12.7 Å². The molecule has 1 aliphatic heterocycles. The molecule has 2 N–H and O–H groups in total. The Bertz CT molecular complexity index is 162. The van der Waals surface area contributed by atoms with Gasteiger partial charge in [0.15, 0.2) is 0 Å². The van der Waals surface area contributed by atoms with Crippen LogP contribution in [0.25, 0.3) is 0 Å². The Balaban J connectivity index is 2.10. The lowest BCUT2D eigenvalue weighted by Crippen LogP contribution is -2.26. The SMILES string of the molecule is O=[P+](O)COC[C@H]1OCC[C@@H]1O. The number of ether oxygens (including phenoxy) is 2. The minimum Gasteiger partial charge on any atom is -0.390 e. The second kappa shape index (κ2) is 4.84. The van der Waals surface area contributed by atoms with Crippen molar-refractivity contribution in [3.05, 3.63) is 0 Å². The summed E-state index contributed by atoms with van der Waals surface area (Å²) in [5, 5.41) is 9.21. The van der Waals surface area contributed by atoms with Gasteiger partial charge in [-0.05, 0) is 11.0 Å². The van der Waals surface area contributed by atoms with E-state index in [1.165, 1.54) is 0 Å². The van der Waals surface area contributed by atoms with E-state index in [4.69, 9.17) is 14.4 Å². The molecule has 6 heteroatoms. The molecule has 12 heavy (non-hydrogen) atoms. The second-order valence-corrected chi connectivity index (χ2v) is 3.58. The van der Waals surface area contributed by atoms with E-state index in [0.717, 1.165) is 0 Å². The highest BCUT2D eigenvalue weighted by Gasteiger charge is 2.27. The molecule has 0 aromatic heterocycles. The number of rotatable bonds is 4. The van der Waals surface area contributed by atoms with Gasteiger partial charge in [-0.25, -0.2) is 0 Å². The molecule has 0 aliphatic carbocycles. The molecule has 0 spiro atoms. The van der Waals surface area contributed by atoms with Crippen LogP contribution in [0.15, 0.2) is 0 Å². The first-order chi connectivity index (χ1) is 5.70. The zero-order valence-electron chi connectivity index (χ0n) is 6.55. The van der Waals surface area contributed by atoms with Gasteiger partial charge < -0.3 is 14.6 Å². The molecule has 3 atom stereocenters. The molecule has 1 rings (SSSR count). The normalized spacial score (nSPS) is 30.7. The molecular formula is C6H12O5P+. The van der Waals surface area contributed by atoms with E-state index in [0.29, 0.717) is 13.0 Å². The lowest BCUT2D eigenvalue weighted by atomic mass is 10.2. The Hall–Kier alpha value is -0.0600. The van der Waals surface area contributed by atoms with Crippen molar-refractivity contribution < 1.29 is 24.0 Å². The summed E-state index contributed by atoms with van der Waals surface area (Å²) in [6.07, 6.45) is -0.414. The fourth-order valence-corrected chi connectivity index (χ4v) is 1.30. The Kier molecular flexibility index (Phi) is 4.05. The summed E-state index contributed by atoms with van der Waals surface area (Å²) in [5.41, 5.74) is 0. The monoisotopic (exact) mass is 195 g/mol. The minimum atomic E-state index is -2.24. The van der Waals surface area contributed by atoms with Gasteiger partial charge in [-0.3, -0.25) is 0 Å². The highest BCUT2D eigenvalue weighted by atomic mass is 31.1. The van der Waals surface area contributed by atoms with Crippen molar-refractivity contribution in [2.24, 2.45) is 0 Å². The molecule has 1 aliphatic rings. The first kappa shape index (κ1) is 10.0. The van der Waals surface area contributed by atoms with Crippen LogP contribution in [0.4, 0.5) is 0 Å². The molecule has 1 unspecified atom stereocenters. The number of aliphatic hydroxyl groups is 1. The zero-order valence-corrected chi connectivity index (χ0v) is 7.44. The summed E-state index contributed by atoms with van der Waals surface area (Å²) in [6.45, 7) is 0.712. The average molecular weight is 195 g/mol. The van der Waals surface area contributed by atoms with Gasteiger partial charge in [0, 0.05) is 6.61 Å². The predicted molar refractivity (Wildman–Crippen MR) is 41.0 cm³/mol. The highest BCUT2D eigenvalue weighted by molar-refractivity contribution is 7.37. The van der Waals surface area contributed by atoms with E-state index < -0.39 is 14.1 Å². The lowest BCUT2D eigenvalue weighted by molar-refractivity contribution is -0.0149. The average Bonchev–Trinajstić information content (AvgIpc) is 2.36. The highest BCUT2D eigenvalue weighted by Crippen LogP contribution is 2.16. The molecule has 0 aromatic carbocycles. The number of aliphatic hydroxyl groups excluding tert-OH is 1. The number of hydrogen-bond donors (Lipinski definition) is 2. The van der Waals surface area contributed by atoms with E-state index in [-0.39, 0.29) is 19.1 Å². The third kappa shape index (κ3) is 3.13. The van der Waals surface area contributed by atoms with Crippen LogP contribution in [0.3, 0.4) is 0 Å². The minimum absolute atomic E-state index is 0.183. The maximum Gasteiger partial charge on any atom is 0.534 e. The summed E-state index contributed by atoms with van der Waals surface area (Å²) in [6, 6.07) is 0. The Morgan fingerprint density at radius 3 is 2.92 bits per heavy atom. The maximum absolute atomic E-state index is 10.2. The van der Waals surface area contributed by atoms with Gasteiger partial charge in [-0.15, -0.1) is 0 Å². The summed E-state index contributed by atoms with van der Waals surface area (Å²) in [7, 11) is -2.24. The standard InChI is InChI=1S/C6H11O5P/c7-5-1-2-11-6(5)3-10-4-12(8)9/h5-7H,1-4H2/p+1/t5-,6+/m0/s1. The van der Waals surface area contributed by atoms with Crippen LogP contribution in [0.2, 0.25) is 0 Å². The van der Waals surface area contributed by atoms with E-state index in [2.05, 4.69) is 0 Å². The van der Waals surface area contributed by atoms with Gasteiger partial charge >= 0.3 is 8.03 Å². The van der Waals surface area contributed by atoms with Crippen LogP contribution in [0.1, 0.15) is 6.42 Å². The molecule has 1 saturated heterocycles. The van der Waals surface area contributed by atoms with E-state index in [1.54, 1.807) is 0 Å². The molecule has 0 saturated carbocycles. The molecule has 0 bridgehead atoms. The Morgan fingerprint density at radius 2 is 2.42 bits per heavy atom. The maximum atomic E-state index is 10.2. The fourth-order valence-electron chi connectivity index (χ4n) is 1.04. The fraction of sp³-hybridized carbons (Fsp3) is 1.00. The molecule has 70 valence electrons. The third-order valence-electron chi connectivity index (χ3n) is 1.66. The van der Waals surface area contributed by atoms with Crippen LogP contribution in [-0.2, 0) is 14.0 Å². The van der Waals surface area contributed by atoms with Gasteiger partial charge in [-0.2, -0.15) is 4.89 Å². The largest absolute Gasteiger partial charge is 0.534 e. The Labute approximate surface area is 71.2 Å². The summed E-state index contributed by atoms with van der Waals surface area (Å²) in [5.74, 6) is 0. The topological polar surface area (TPSA) is 76.0 Å². The molecule has 0 aromatic rings. The van der Waals surface area contributed by atoms with Crippen molar-refractivity contribution in [3.8, 4) is 0 Å². The molecular weight excluding hydrogens is 183 g/mol. The van der Waals surface area contributed by atoms with Crippen molar-refractivity contribution in [3.63, 3.8) is 0 Å². The summed E-state index contributed by atoms with van der Waals surface area (Å²) >= 11 is 0. The molecule has 0 amide bonds. The van der Waals surface area contributed by atoms with E-state index in [1.807, 2.05) is 0 Å². The Morgan fingerprint density at radius 1 is 1.67 bits per heavy atom. The molecule has 0 radical (unpaired) electrons. The van der Waals surface area contributed by atoms with E-state index in [9.17, 15) is 9.67 Å². The summed E-state index contributed by atoms with van der Waals surface area (Å²) < 4.78 is 20.1. The third-order valence-corrected chi connectivity index (χ3v) is 2.06. The quantitative estimate of drug-likeness (QED) is 0.610. The zero-order chi connectivity index (χ0) is 8.97. The van der Waals surface area contributed by atoms with Gasteiger partial charge in [0.25, 0.3) is 6.35 Å². The van der Waals surface area contributed by atoms with Crippen molar-refractivity contribution in [1.82, 2.24) is 0 Å². The predicted octanol–water partition coefficient (Wildman–Crippen LogP) is -0.155. The van der Waals surface area contributed by atoms with Crippen LogP contribution < -0.4 is 0 Å². The van der Waals surface area contributed by atoms with Crippen molar-refractivity contribution in [2.45, 2.75) is 18.6 Å². The van der Waals surface area contributed by atoms with Crippen LogP contribution in [0, 0.1) is 0 Å². The summed E-state index contributed by atoms with van der Waals surface area (Å²) in [4.78, 5) is 8.37. The van der Waals surface area contributed by atoms with Crippen molar-refractivity contribution >= 4 is 8.03 Å². The van der Waals surface area contributed by atoms with Gasteiger partial charge in [-0.1, -0.05) is 0 Å². The van der Waals surface area contributed by atoms with Gasteiger partial charge in [0.2, 0.25) is 0 Å². The lowest BCUT2D eigenvalue weighted by Gasteiger charge is -2.11. The number of hydrogen-bond acceptors (Lipinski definition) is 4. The second-order valence-electron chi connectivity index (χ2n) is 2.62. The van der Waals surface area contributed by atoms with Crippen LogP contribution in [-0.4, -0.2) is 41.8 Å². The van der Waals surface area contributed by atoms with Crippen LogP contribution >= 0.6 is 8.03 Å². The first-order valence-electron chi connectivity index (χ1n) is 3.71. The van der Waals surface area contributed by atoms with E-state index >= 15 is 0 Å².